The van der Waals surface area contributed by atoms with E-state index in [0.717, 1.165) is 30.2 Å². The lowest BCUT2D eigenvalue weighted by Gasteiger charge is -2.26. The molecule has 128 valence electrons. The minimum atomic E-state index is -0.824. The monoisotopic (exact) mass is 341 g/mol. The van der Waals surface area contributed by atoms with Crippen molar-refractivity contribution in [3.63, 3.8) is 0 Å². The van der Waals surface area contributed by atoms with Gasteiger partial charge in [-0.25, -0.2) is 9.37 Å². The molecular formula is C16H24FN3O2S. The number of amides is 1. The minimum absolute atomic E-state index is 0.0384. The van der Waals surface area contributed by atoms with Gasteiger partial charge in [0, 0.05) is 37.7 Å². The molecule has 2 aliphatic rings. The van der Waals surface area contributed by atoms with Gasteiger partial charge in [0.2, 0.25) is 5.91 Å². The lowest BCUT2D eigenvalue weighted by atomic mass is 10.0. The lowest BCUT2D eigenvalue weighted by Crippen LogP contribution is -2.43. The van der Waals surface area contributed by atoms with Crippen molar-refractivity contribution in [3.05, 3.63) is 16.1 Å². The maximum Gasteiger partial charge on any atom is 0.225 e. The third kappa shape index (κ3) is 4.49. The van der Waals surface area contributed by atoms with E-state index in [1.165, 1.54) is 0 Å². The Labute approximate surface area is 140 Å². The van der Waals surface area contributed by atoms with Crippen molar-refractivity contribution in [2.45, 2.75) is 44.9 Å². The molecule has 7 heteroatoms. The van der Waals surface area contributed by atoms with E-state index in [1.807, 2.05) is 12.3 Å². The van der Waals surface area contributed by atoms with Crippen molar-refractivity contribution in [2.75, 3.05) is 26.3 Å². The summed E-state index contributed by atoms with van der Waals surface area (Å²) in [6, 6.07) is 0.0421. The Balaban J connectivity index is 1.51. The number of rotatable bonds is 5. The Morgan fingerprint density at radius 1 is 1.61 bits per heavy atom. The predicted molar refractivity (Wildman–Crippen MR) is 87.1 cm³/mol. The molecule has 2 fully saturated rings. The molecule has 3 atom stereocenters. The van der Waals surface area contributed by atoms with Crippen molar-refractivity contribution in [2.24, 2.45) is 5.92 Å². The van der Waals surface area contributed by atoms with E-state index in [1.54, 1.807) is 11.3 Å². The number of aromatic nitrogens is 1. The van der Waals surface area contributed by atoms with Crippen LogP contribution in [0, 0.1) is 12.8 Å². The SMILES string of the molecule is Cc1nc(CN2C[C@@H](F)C[C@H]2CNC(=O)[C@@H]2CCCOC2)cs1. The topological polar surface area (TPSA) is 54.5 Å². The number of hydrogen-bond acceptors (Lipinski definition) is 5. The molecule has 0 aliphatic carbocycles. The first-order valence-electron chi connectivity index (χ1n) is 8.26. The summed E-state index contributed by atoms with van der Waals surface area (Å²) < 4.78 is 19.2. The highest BCUT2D eigenvalue weighted by Crippen LogP contribution is 2.23. The van der Waals surface area contributed by atoms with Crippen LogP contribution < -0.4 is 5.32 Å². The number of carbonyl (C=O) groups excluding carboxylic acids is 1. The van der Waals surface area contributed by atoms with Crippen molar-refractivity contribution in [1.82, 2.24) is 15.2 Å². The number of halogens is 1. The van der Waals surface area contributed by atoms with Gasteiger partial charge in [-0.1, -0.05) is 0 Å². The number of ether oxygens (including phenoxy) is 1. The lowest BCUT2D eigenvalue weighted by molar-refractivity contribution is -0.129. The molecule has 1 N–H and O–H groups in total. The molecule has 3 rings (SSSR count). The molecule has 0 saturated carbocycles. The Kier molecular flexibility index (Phi) is 5.61. The maximum atomic E-state index is 13.8. The van der Waals surface area contributed by atoms with Crippen LogP contribution in [0.3, 0.4) is 0 Å². The zero-order chi connectivity index (χ0) is 16.2. The van der Waals surface area contributed by atoms with Crippen LogP contribution >= 0.6 is 11.3 Å². The largest absolute Gasteiger partial charge is 0.381 e. The van der Waals surface area contributed by atoms with E-state index < -0.39 is 6.17 Å². The fourth-order valence-corrected chi connectivity index (χ4v) is 3.93. The highest BCUT2D eigenvalue weighted by atomic mass is 32.1. The van der Waals surface area contributed by atoms with Crippen molar-refractivity contribution in [1.29, 1.82) is 0 Å². The average molecular weight is 341 g/mol. The first kappa shape index (κ1) is 16.8. The predicted octanol–water partition coefficient (Wildman–Crippen LogP) is 1.91. The van der Waals surface area contributed by atoms with Gasteiger partial charge in [0.1, 0.15) is 6.17 Å². The van der Waals surface area contributed by atoms with Crippen molar-refractivity contribution >= 4 is 17.2 Å². The van der Waals surface area contributed by atoms with Gasteiger partial charge in [-0.05, 0) is 26.2 Å². The fraction of sp³-hybridized carbons (Fsp3) is 0.750. The van der Waals surface area contributed by atoms with Gasteiger partial charge >= 0.3 is 0 Å². The third-order valence-corrected chi connectivity index (χ3v) is 5.37. The van der Waals surface area contributed by atoms with E-state index in [2.05, 4.69) is 15.2 Å². The van der Waals surface area contributed by atoms with Crippen LogP contribution in [0.2, 0.25) is 0 Å². The number of thiazole rings is 1. The third-order valence-electron chi connectivity index (χ3n) is 4.55. The van der Waals surface area contributed by atoms with Crippen LogP contribution in [0.5, 0.6) is 0 Å². The van der Waals surface area contributed by atoms with E-state index in [4.69, 9.17) is 4.74 Å². The van der Waals surface area contributed by atoms with Gasteiger partial charge in [0.15, 0.2) is 0 Å². The van der Waals surface area contributed by atoms with Gasteiger partial charge in [0.25, 0.3) is 0 Å². The second-order valence-corrected chi connectivity index (χ2v) is 7.50. The molecule has 1 amide bonds. The van der Waals surface area contributed by atoms with Gasteiger partial charge in [-0.15, -0.1) is 11.3 Å². The smallest absolute Gasteiger partial charge is 0.225 e. The normalized spacial score (nSPS) is 28.9. The molecule has 0 aromatic carbocycles. The summed E-state index contributed by atoms with van der Waals surface area (Å²) in [5.74, 6) is -0.0163. The highest BCUT2D eigenvalue weighted by molar-refractivity contribution is 7.09. The zero-order valence-corrected chi connectivity index (χ0v) is 14.3. The van der Waals surface area contributed by atoms with Crippen molar-refractivity contribution < 1.29 is 13.9 Å². The number of nitrogens with one attached hydrogen (secondary N) is 1. The van der Waals surface area contributed by atoms with Crippen LogP contribution in [0.25, 0.3) is 0 Å². The molecule has 0 unspecified atom stereocenters. The van der Waals surface area contributed by atoms with Crippen LogP contribution in [0.1, 0.15) is 30.0 Å². The minimum Gasteiger partial charge on any atom is -0.381 e. The quantitative estimate of drug-likeness (QED) is 0.889. The molecule has 1 aromatic heterocycles. The number of nitrogens with zero attached hydrogens (tertiary/aromatic N) is 2. The summed E-state index contributed by atoms with van der Waals surface area (Å²) in [7, 11) is 0. The second kappa shape index (κ2) is 7.68. The molecule has 0 radical (unpaired) electrons. The summed E-state index contributed by atoms with van der Waals surface area (Å²) >= 11 is 1.61. The number of likely N-dealkylation sites (tertiary alicyclic amines) is 1. The molecule has 23 heavy (non-hydrogen) atoms. The molecule has 3 heterocycles. The maximum absolute atomic E-state index is 13.8. The Bertz CT molecular complexity index is 533. The van der Waals surface area contributed by atoms with Gasteiger partial charge in [0.05, 0.1) is 23.2 Å². The zero-order valence-electron chi connectivity index (χ0n) is 13.5. The van der Waals surface area contributed by atoms with Crippen LogP contribution in [-0.4, -0.2) is 54.3 Å². The van der Waals surface area contributed by atoms with Gasteiger partial charge < -0.3 is 10.1 Å². The van der Waals surface area contributed by atoms with E-state index in [0.29, 0.717) is 32.7 Å². The fourth-order valence-electron chi connectivity index (χ4n) is 3.33. The van der Waals surface area contributed by atoms with E-state index >= 15 is 0 Å². The average Bonchev–Trinajstić information content (AvgIpc) is 3.11. The molecule has 5 nitrogen and oxygen atoms in total. The van der Waals surface area contributed by atoms with Crippen LogP contribution in [0.15, 0.2) is 5.38 Å². The molecule has 1 aromatic rings. The van der Waals surface area contributed by atoms with Crippen molar-refractivity contribution in [3.8, 4) is 0 Å². The number of hydrogen-bond donors (Lipinski definition) is 1. The first-order valence-corrected chi connectivity index (χ1v) is 9.14. The molecule has 0 spiro atoms. The number of aryl methyl sites for hydroxylation is 1. The van der Waals surface area contributed by atoms with Gasteiger partial charge in [-0.2, -0.15) is 0 Å². The second-order valence-electron chi connectivity index (χ2n) is 6.43. The molecule has 2 saturated heterocycles. The van der Waals surface area contributed by atoms with Gasteiger partial charge in [-0.3, -0.25) is 9.69 Å². The number of alkyl halides is 1. The first-order chi connectivity index (χ1) is 11.1. The molecule has 2 aliphatic heterocycles. The summed E-state index contributed by atoms with van der Waals surface area (Å²) in [4.78, 5) is 18.7. The summed E-state index contributed by atoms with van der Waals surface area (Å²) in [5, 5.41) is 6.04. The van der Waals surface area contributed by atoms with E-state index in [9.17, 15) is 9.18 Å². The summed E-state index contributed by atoms with van der Waals surface area (Å²) in [6.45, 7) is 4.79. The highest BCUT2D eigenvalue weighted by Gasteiger charge is 2.33. The number of carbonyl (C=O) groups is 1. The molecular weight excluding hydrogens is 317 g/mol. The Morgan fingerprint density at radius 3 is 3.17 bits per heavy atom. The standard InChI is InChI=1S/C16H24FN3O2S/c1-11-19-14(10-23-11)8-20-7-13(17)5-15(20)6-18-16(21)12-3-2-4-22-9-12/h10,12-13,15H,2-9H2,1H3,(H,18,21)/t12-,13+,15+/m1/s1. The summed E-state index contributed by atoms with van der Waals surface area (Å²) in [5.41, 5.74) is 0.985. The van der Waals surface area contributed by atoms with Crippen LogP contribution in [-0.2, 0) is 16.1 Å². The Hall–Kier alpha value is -1.05. The molecule has 0 bridgehead atoms. The van der Waals surface area contributed by atoms with E-state index in [-0.39, 0.29) is 17.9 Å². The van der Waals surface area contributed by atoms with Crippen LogP contribution in [0.4, 0.5) is 4.39 Å². The Morgan fingerprint density at radius 2 is 2.48 bits per heavy atom. The summed E-state index contributed by atoms with van der Waals surface area (Å²) in [6.07, 6.45) is 1.47.